The lowest BCUT2D eigenvalue weighted by atomic mass is 10.2. The van der Waals surface area contributed by atoms with Gasteiger partial charge in [0.15, 0.2) is 0 Å². The molecule has 2 aromatic heterocycles. The normalized spacial score (nSPS) is 10.1. The summed E-state index contributed by atoms with van der Waals surface area (Å²) in [5.41, 5.74) is 1.18. The maximum absolute atomic E-state index is 11.6. The quantitative estimate of drug-likeness (QED) is 0.817. The molecular weight excluding hydrogens is 258 g/mol. The molecule has 98 valence electrons. The Morgan fingerprint density at radius 2 is 1.68 bits per heavy atom. The number of amides is 1. The van der Waals surface area contributed by atoms with E-state index in [0.717, 1.165) is 11.3 Å². The summed E-state index contributed by atoms with van der Waals surface area (Å²) < 4.78 is 0. The molecule has 0 unspecified atom stereocenters. The van der Waals surface area contributed by atoms with Gasteiger partial charge in [0, 0.05) is 36.2 Å². The molecule has 0 atom stereocenters. The molecule has 0 fully saturated rings. The largest absolute Gasteiger partial charge is 0.355 e. The maximum Gasteiger partial charge on any atom is 0.230 e. The highest BCUT2D eigenvalue weighted by Crippen LogP contribution is 2.15. The average Bonchev–Trinajstić information content (AvgIpc) is 2.47. The van der Waals surface area contributed by atoms with Gasteiger partial charge < -0.3 is 5.32 Å². The minimum absolute atomic E-state index is 0.0517. The van der Waals surface area contributed by atoms with Crippen molar-refractivity contribution in [3.8, 4) is 0 Å². The summed E-state index contributed by atoms with van der Waals surface area (Å²) in [6, 6.07) is 7.71. The molecule has 19 heavy (non-hydrogen) atoms. The Labute approximate surface area is 116 Å². The van der Waals surface area contributed by atoms with Crippen LogP contribution in [-0.2, 0) is 11.2 Å². The van der Waals surface area contributed by atoms with Crippen LogP contribution in [0.15, 0.2) is 53.9 Å². The van der Waals surface area contributed by atoms with Crippen molar-refractivity contribution in [3.05, 3.63) is 54.6 Å². The average molecular weight is 273 g/mol. The van der Waals surface area contributed by atoms with Crippen molar-refractivity contribution >= 4 is 17.7 Å². The van der Waals surface area contributed by atoms with Crippen LogP contribution in [0, 0.1) is 0 Å². The van der Waals surface area contributed by atoms with E-state index >= 15 is 0 Å². The van der Waals surface area contributed by atoms with E-state index in [1.807, 2.05) is 24.3 Å². The lowest BCUT2D eigenvalue weighted by molar-refractivity contribution is -0.118. The molecule has 0 radical (unpaired) electrons. The first kappa shape index (κ1) is 13.5. The fraction of sp³-hybridized carbons (Fsp3) is 0.214. The number of nitrogens with zero attached hydrogens (tertiary/aromatic N) is 2. The Morgan fingerprint density at radius 1 is 1.05 bits per heavy atom. The fourth-order valence-electron chi connectivity index (χ4n) is 1.53. The second-order valence-corrected chi connectivity index (χ2v) is 4.98. The van der Waals surface area contributed by atoms with Crippen molar-refractivity contribution in [2.45, 2.75) is 11.3 Å². The monoisotopic (exact) mass is 273 g/mol. The van der Waals surface area contributed by atoms with Crippen molar-refractivity contribution in [1.82, 2.24) is 15.3 Å². The van der Waals surface area contributed by atoms with Crippen molar-refractivity contribution in [3.63, 3.8) is 0 Å². The first-order valence-electron chi connectivity index (χ1n) is 6.03. The number of carbonyl (C=O) groups excluding carboxylic acids is 1. The molecule has 5 heteroatoms. The van der Waals surface area contributed by atoms with Gasteiger partial charge in [0.25, 0.3) is 0 Å². The summed E-state index contributed by atoms with van der Waals surface area (Å²) in [5, 5.41) is 2.91. The van der Waals surface area contributed by atoms with Crippen LogP contribution >= 0.6 is 11.8 Å². The Kier molecular flexibility index (Phi) is 5.37. The van der Waals surface area contributed by atoms with E-state index in [1.54, 1.807) is 24.8 Å². The van der Waals surface area contributed by atoms with Crippen molar-refractivity contribution in [1.29, 1.82) is 0 Å². The third kappa shape index (κ3) is 5.09. The second kappa shape index (κ2) is 7.53. The molecule has 2 rings (SSSR count). The number of thioether (sulfide) groups is 1. The second-order valence-electron chi connectivity index (χ2n) is 3.93. The van der Waals surface area contributed by atoms with E-state index < -0.39 is 0 Å². The standard InChI is InChI=1S/C14H15N3OS/c18-14(11-19-13-4-8-16-9-5-13)17-10-3-12-1-6-15-7-2-12/h1-2,4-9H,3,10-11H2,(H,17,18). The molecule has 0 aliphatic heterocycles. The molecule has 1 amide bonds. The van der Waals surface area contributed by atoms with Gasteiger partial charge in [-0.2, -0.15) is 0 Å². The molecule has 2 aromatic rings. The van der Waals surface area contributed by atoms with E-state index in [2.05, 4.69) is 15.3 Å². The molecule has 4 nitrogen and oxygen atoms in total. The zero-order valence-corrected chi connectivity index (χ0v) is 11.3. The van der Waals surface area contributed by atoms with Gasteiger partial charge in [-0.1, -0.05) is 0 Å². The van der Waals surface area contributed by atoms with E-state index in [9.17, 15) is 4.79 Å². The molecule has 0 saturated carbocycles. The molecule has 2 heterocycles. The van der Waals surface area contributed by atoms with Crippen LogP contribution < -0.4 is 5.32 Å². The summed E-state index contributed by atoms with van der Waals surface area (Å²) in [5.74, 6) is 0.483. The fourth-order valence-corrected chi connectivity index (χ4v) is 2.24. The van der Waals surface area contributed by atoms with Crippen molar-refractivity contribution < 1.29 is 4.79 Å². The zero-order chi connectivity index (χ0) is 13.3. The zero-order valence-electron chi connectivity index (χ0n) is 10.5. The Balaban J connectivity index is 1.65. The van der Waals surface area contributed by atoms with Gasteiger partial charge in [0.1, 0.15) is 0 Å². The van der Waals surface area contributed by atoms with Crippen molar-refractivity contribution in [2.24, 2.45) is 0 Å². The SMILES string of the molecule is O=C(CSc1ccncc1)NCCc1ccncc1. The number of carbonyl (C=O) groups is 1. The molecule has 0 spiro atoms. The third-order valence-electron chi connectivity index (χ3n) is 2.50. The van der Waals surface area contributed by atoms with Gasteiger partial charge in [-0.25, -0.2) is 0 Å². The van der Waals surface area contributed by atoms with Gasteiger partial charge in [-0.15, -0.1) is 11.8 Å². The molecule has 1 N–H and O–H groups in total. The third-order valence-corrected chi connectivity index (χ3v) is 3.52. The van der Waals surface area contributed by atoms with Crippen LogP contribution in [0.4, 0.5) is 0 Å². The van der Waals surface area contributed by atoms with Crippen LogP contribution in [0.25, 0.3) is 0 Å². The minimum Gasteiger partial charge on any atom is -0.355 e. The van der Waals surface area contributed by atoms with Gasteiger partial charge in [0.05, 0.1) is 5.75 Å². The minimum atomic E-state index is 0.0517. The molecule has 0 saturated heterocycles. The lowest BCUT2D eigenvalue weighted by Gasteiger charge is -2.05. The highest BCUT2D eigenvalue weighted by Gasteiger charge is 2.02. The molecule has 0 aliphatic carbocycles. The number of rotatable bonds is 6. The van der Waals surface area contributed by atoms with Crippen LogP contribution in [0.3, 0.4) is 0 Å². The van der Waals surface area contributed by atoms with Crippen LogP contribution in [0.5, 0.6) is 0 Å². The van der Waals surface area contributed by atoms with E-state index in [-0.39, 0.29) is 5.91 Å². The molecule has 0 aliphatic rings. The number of hydrogen-bond acceptors (Lipinski definition) is 4. The summed E-state index contributed by atoms with van der Waals surface area (Å²) in [7, 11) is 0. The topological polar surface area (TPSA) is 54.9 Å². The first-order chi connectivity index (χ1) is 9.34. The maximum atomic E-state index is 11.6. The van der Waals surface area contributed by atoms with Gasteiger partial charge in [0.2, 0.25) is 5.91 Å². The molecule has 0 bridgehead atoms. The molecular formula is C14H15N3OS. The van der Waals surface area contributed by atoms with Crippen LogP contribution in [0.2, 0.25) is 0 Å². The Bertz CT molecular complexity index is 505. The predicted molar refractivity (Wildman–Crippen MR) is 75.9 cm³/mol. The highest BCUT2D eigenvalue weighted by molar-refractivity contribution is 8.00. The smallest absolute Gasteiger partial charge is 0.230 e. The summed E-state index contributed by atoms with van der Waals surface area (Å²) in [6.45, 7) is 0.653. The summed E-state index contributed by atoms with van der Waals surface area (Å²) in [6.07, 6.45) is 7.80. The van der Waals surface area contributed by atoms with Crippen LogP contribution in [-0.4, -0.2) is 28.2 Å². The first-order valence-corrected chi connectivity index (χ1v) is 7.01. The number of hydrogen-bond donors (Lipinski definition) is 1. The highest BCUT2D eigenvalue weighted by atomic mass is 32.2. The lowest BCUT2D eigenvalue weighted by Crippen LogP contribution is -2.27. The summed E-state index contributed by atoms with van der Waals surface area (Å²) in [4.78, 5) is 20.6. The summed E-state index contributed by atoms with van der Waals surface area (Å²) >= 11 is 1.51. The van der Waals surface area contributed by atoms with Gasteiger partial charge in [-0.05, 0) is 36.2 Å². The van der Waals surface area contributed by atoms with Gasteiger partial charge in [-0.3, -0.25) is 14.8 Å². The Morgan fingerprint density at radius 3 is 2.37 bits per heavy atom. The Hall–Kier alpha value is -1.88. The van der Waals surface area contributed by atoms with E-state index in [1.165, 1.54) is 17.3 Å². The number of pyridine rings is 2. The van der Waals surface area contributed by atoms with E-state index in [0.29, 0.717) is 12.3 Å². The predicted octanol–water partition coefficient (Wildman–Crippen LogP) is 1.93. The van der Waals surface area contributed by atoms with Crippen molar-refractivity contribution in [2.75, 3.05) is 12.3 Å². The van der Waals surface area contributed by atoms with E-state index in [4.69, 9.17) is 0 Å². The van der Waals surface area contributed by atoms with Crippen LogP contribution in [0.1, 0.15) is 5.56 Å². The van der Waals surface area contributed by atoms with Gasteiger partial charge >= 0.3 is 0 Å². The number of nitrogens with one attached hydrogen (secondary N) is 1. The number of aromatic nitrogens is 2. The molecule has 0 aromatic carbocycles.